The van der Waals surface area contributed by atoms with Crippen LogP contribution in [0.2, 0.25) is 0 Å². The third kappa shape index (κ3) is 6.18. The van der Waals surface area contributed by atoms with E-state index in [1.165, 1.54) is 38.2 Å². The molecule has 0 aliphatic carbocycles. The van der Waals surface area contributed by atoms with Gasteiger partial charge in [0.25, 0.3) is 0 Å². The average Bonchev–Trinajstić information content (AvgIpc) is 2.59. The van der Waals surface area contributed by atoms with Gasteiger partial charge in [-0.15, -0.1) is 0 Å². The summed E-state index contributed by atoms with van der Waals surface area (Å²) in [6, 6.07) is 3.27. The van der Waals surface area contributed by atoms with Gasteiger partial charge in [0.15, 0.2) is 0 Å². The number of unbranched alkanes of at least 4 members (excludes halogenated alkanes) is 6. The predicted octanol–water partition coefficient (Wildman–Crippen LogP) is 5.89. The highest BCUT2D eigenvalue weighted by atomic mass is 16.4. The summed E-state index contributed by atoms with van der Waals surface area (Å²) in [7, 11) is 0. The van der Waals surface area contributed by atoms with E-state index in [1.807, 2.05) is 19.9 Å². The van der Waals surface area contributed by atoms with Gasteiger partial charge in [-0.3, -0.25) is 0 Å². The number of carboxylic acids is 2. The van der Waals surface area contributed by atoms with Gasteiger partial charge in [-0.2, -0.15) is 0 Å². The topological polar surface area (TPSA) is 74.6 Å². The Bertz CT molecular complexity index is 578. The highest BCUT2D eigenvalue weighted by Gasteiger charge is 2.25. The minimum absolute atomic E-state index is 0.0257. The van der Waals surface area contributed by atoms with E-state index in [1.54, 1.807) is 0 Å². The van der Waals surface area contributed by atoms with Crippen molar-refractivity contribution >= 4 is 11.9 Å². The average molecular weight is 348 g/mol. The molecule has 1 atom stereocenters. The lowest BCUT2D eigenvalue weighted by molar-refractivity contribution is 0.0650. The van der Waals surface area contributed by atoms with Crippen molar-refractivity contribution in [3.05, 3.63) is 34.4 Å². The normalized spacial score (nSPS) is 12.1. The minimum Gasteiger partial charge on any atom is -0.478 e. The zero-order valence-corrected chi connectivity index (χ0v) is 15.8. The van der Waals surface area contributed by atoms with E-state index in [4.69, 9.17) is 0 Å². The Labute approximate surface area is 151 Å². The van der Waals surface area contributed by atoms with E-state index < -0.39 is 11.9 Å². The molecule has 0 spiro atoms. The Morgan fingerprint density at radius 2 is 1.52 bits per heavy atom. The fourth-order valence-corrected chi connectivity index (χ4v) is 3.33. The first-order valence-corrected chi connectivity index (χ1v) is 9.56. The zero-order chi connectivity index (χ0) is 18.8. The molecule has 0 aromatic heterocycles. The standard InChI is InChI=1S/C21H32O4/c1-4-6-7-8-9-10-11-12-16-13-14-17(20(22)23)19(21(24)25)18(16)15(3)5-2/h13-15H,4-12H2,1-3H3,(H,22,23)(H,24,25). The SMILES string of the molecule is CCCCCCCCCc1ccc(C(=O)O)c(C(=O)O)c1C(C)CC. The van der Waals surface area contributed by atoms with Crippen molar-refractivity contribution < 1.29 is 19.8 Å². The van der Waals surface area contributed by atoms with Crippen LogP contribution in [0.4, 0.5) is 0 Å². The van der Waals surface area contributed by atoms with Crippen molar-refractivity contribution in [2.45, 2.75) is 84.5 Å². The number of carbonyl (C=O) groups is 2. The van der Waals surface area contributed by atoms with E-state index in [9.17, 15) is 19.8 Å². The lowest BCUT2D eigenvalue weighted by Gasteiger charge is -2.19. The third-order valence-electron chi connectivity index (χ3n) is 4.93. The van der Waals surface area contributed by atoms with Crippen LogP contribution in [0.15, 0.2) is 12.1 Å². The summed E-state index contributed by atoms with van der Waals surface area (Å²) in [5, 5.41) is 18.9. The lowest BCUT2D eigenvalue weighted by Crippen LogP contribution is -2.15. The molecular weight excluding hydrogens is 316 g/mol. The maximum Gasteiger partial charge on any atom is 0.336 e. The molecule has 0 aliphatic heterocycles. The zero-order valence-electron chi connectivity index (χ0n) is 15.8. The summed E-state index contributed by atoms with van der Waals surface area (Å²) in [4.78, 5) is 23.2. The van der Waals surface area contributed by atoms with Crippen LogP contribution < -0.4 is 0 Å². The number of hydrogen-bond donors (Lipinski definition) is 2. The molecule has 1 rings (SSSR count). The second kappa shape index (κ2) is 10.9. The van der Waals surface area contributed by atoms with Crippen molar-refractivity contribution in [3.63, 3.8) is 0 Å². The van der Waals surface area contributed by atoms with Gasteiger partial charge >= 0.3 is 11.9 Å². The molecule has 1 aromatic carbocycles. The molecule has 1 unspecified atom stereocenters. The number of rotatable bonds is 12. The minimum atomic E-state index is -1.18. The summed E-state index contributed by atoms with van der Waals surface area (Å²) >= 11 is 0. The summed E-state index contributed by atoms with van der Waals surface area (Å²) in [6.45, 7) is 6.18. The van der Waals surface area contributed by atoms with E-state index in [-0.39, 0.29) is 17.0 Å². The van der Waals surface area contributed by atoms with Crippen LogP contribution >= 0.6 is 0 Å². The second-order valence-electron chi connectivity index (χ2n) is 6.85. The Hall–Kier alpha value is -1.84. The Morgan fingerprint density at radius 1 is 0.920 bits per heavy atom. The molecule has 4 nitrogen and oxygen atoms in total. The summed E-state index contributed by atoms with van der Waals surface area (Å²) in [5.74, 6) is -2.29. The first-order chi connectivity index (χ1) is 11.9. The number of aryl methyl sites for hydroxylation is 1. The van der Waals surface area contributed by atoms with Crippen molar-refractivity contribution in [3.8, 4) is 0 Å². The van der Waals surface area contributed by atoms with Crippen LogP contribution in [-0.4, -0.2) is 22.2 Å². The van der Waals surface area contributed by atoms with Crippen LogP contribution in [0, 0.1) is 0 Å². The van der Waals surface area contributed by atoms with Crippen molar-refractivity contribution in [2.24, 2.45) is 0 Å². The molecule has 0 heterocycles. The first-order valence-electron chi connectivity index (χ1n) is 9.56. The molecule has 0 saturated heterocycles. The van der Waals surface area contributed by atoms with Gasteiger partial charge in [0.2, 0.25) is 0 Å². The highest BCUT2D eigenvalue weighted by Crippen LogP contribution is 2.30. The molecule has 0 saturated carbocycles. The highest BCUT2D eigenvalue weighted by molar-refractivity contribution is 6.03. The van der Waals surface area contributed by atoms with Crippen LogP contribution in [0.25, 0.3) is 0 Å². The predicted molar refractivity (Wildman–Crippen MR) is 101 cm³/mol. The van der Waals surface area contributed by atoms with Crippen LogP contribution in [-0.2, 0) is 6.42 Å². The number of hydrogen-bond acceptors (Lipinski definition) is 2. The molecule has 1 aromatic rings. The fraction of sp³-hybridized carbons (Fsp3) is 0.619. The second-order valence-corrected chi connectivity index (χ2v) is 6.85. The van der Waals surface area contributed by atoms with E-state index in [2.05, 4.69) is 6.92 Å². The van der Waals surface area contributed by atoms with Gasteiger partial charge in [-0.25, -0.2) is 9.59 Å². The van der Waals surface area contributed by atoms with Gasteiger partial charge in [0, 0.05) is 0 Å². The van der Waals surface area contributed by atoms with Gasteiger partial charge in [-0.1, -0.05) is 65.4 Å². The van der Waals surface area contributed by atoms with Gasteiger partial charge < -0.3 is 10.2 Å². The van der Waals surface area contributed by atoms with E-state index in [0.717, 1.165) is 31.2 Å². The monoisotopic (exact) mass is 348 g/mol. The molecular formula is C21H32O4. The largest absolute Gasteiger partial charge is 0.478 e. The molecule has 4 heteroatoms. The Kier molecular flexibility index (Phi) is 9.25. The molecule has 140 valence electrons. The van der Waals surface area contributed by atoms with Crippen LogP contribution in [0.5, 0.6) is 0 Å². The molecule has 0 aliphatic rings. The number of benzene rings is 1. The number of carboxylic acid groups (broad SMARTS) is 2. The van der Waals surface area contributed by atoms with Crippen LogP contribution in [0.1, 0.15) is 110 Å². The van der Waals surface area contributed by atoms with Crippen molar-refractivity contribution in [1.82, 2.24) is 0 Å². The smallest absolute Gasteiger partial charge is 0.336 e. The van der Waals surface area contributed by atoms with E-state index in [0.29, 0.717) is 5.56 Å². The van der Waals surface area contributed by atoms with Crippen molar-refractivity contribution in [2.75, 3.05) is 0 Å². The van der Waals surface area contributed by atoms with Gasteiger partial charge in [0.05, 0.1) is 11.1 Å². The first kappa shape index (κ1) is 21.2. The molecule has 0 amide bonds. The van der Waals surface area contributed by atoms with Crippen molar-refractivity contribution in [1.29, 1.82) is 0 Å². The Balaban J connectivity index is 2.93. The fourth-order valence-electron chi connectivity index (χ4n) is 3.33. The maximum absolute atomic E-state index is 11.7. The maximum atomic E-state index is 11.7. The van der Waals surface area contributed by atoms with Gasteiger partial charge in [0.1, 0.15) is 0 Å². The van der Waals surface area contributed by atoms with Gasteiger partial charge in [-0.05, 0) is 42.4 Å². The summed E-state index contributed by atoms with van der Waals surface area (Å²) < 4.78 is 0. The molecule has 25 heavy (non-hydrogen) atoms. The molecule has 2 N–H and O–H groups in total. The third-order valence-corrected chi connectivity index (χ3v) is 4.93. The molecule has 0 bridgehead atoms. The van der Waals surface area contributed by atoms with E-state index >= 15 is 0 Å². The quantitative estimate of drug-likeness (QED) is 0.462. The lowest BCUT2D eigenvalue weighted by atomic mass is 9.84. The summed E-state index contributed by atoms with van der Waals surface area (Å²) in [5.41, 5.74) is 1.57. The Morgan fingerprint density at radius 3 is 2.04 bits per heavy atom. The summed E-state index contributed by atoms with van der Waals surface area (Å²) in [6.07, 6.45) is 10.0. The number of aromatic carboxylic acids is 2. The molecule has 0 fully saturated rings. The molecule has 0 radical (unpaired) electrons. The van der Waals surface area contributed by atoms with Crippen LogP contribution in [0.3, 0.4) is 0 Å².